The number of hydrogen-bond donors (Lipinski definition) is 2. The first-order chi connectivity index (χ1) is 19.3. The number of aromatic nitrogens is 5. The van der Waals surface area contributed by atoms with Gasteiger partial charge in [-0.05, 0) is 73.1 Å². The predicted octanol–water partition coefficient (Wildman–Crippen LogP) is 5.22. The number of piperidine rings is 1. The maximum Gasteiger partial charge on any atom is 0.254 e. The fraction of sp³-hybridized carbons (Fsp3) is 0.533. The van der Waals surface area contributed by atoms with E-state index in [0.717, 1.165) is 35.2 Å². The summed E-state index contributed by atoms with van der Waals surface area (Å²) in [7, 11) is 0. The van der Waals surface area contributed by atoms with Gasteiger partial charge in [-0.15, -0.1) is 0 Å². The summed E-state index contributed by atoms with van der Waals surface area (Å²) in [6.45, 7) is 16.5. The number of hydrogen-bond acceptors (Lipinski definition) is 7. The van der Waals surface area contributed by atoms with E-state index < -0.39 is 6.17 Å². The van der Waals surface area contributed by atoms with Gasteiger partial charge in [-0.25, -0.2) is 4.39 Å². The van der Waals surface area contributed by atoms with Crippen molar-refractivity contribution in [1.82, 2.24) is 34.7 Å². The van der Waals surface area contributed by atoms with E-state index in [-0.39, 0.29) is 29.6 Å². The highest BCUT2D eigenvalue weighted by Crippen LogP contribution is 2.33. The summed E-state index contributed by atoms with van der Waals surface area (Å²) in [5.74, 6) is 0.465. The zero-order valence-corrected chi connectivity index (χ0v) is 25.0. The molecule has 1 saturated heterocycles. The minimum atomic E-state index is -0.969. The Kier molecular flexibility index (Phi) is 7.67. The highest BCUT2D eigenvalue weighted by molar-refractivity contribution is 5.96. The summed E-state index contributed by atoms with van der Waals surface area (Å²) in [6.07, 6.45) is 3.03. The van der Waals surface area contributed by atoms with Crippen LogP contribution in [0.15, 0.2) is 41.2 Å². The molecule has 1 fully saturated rings. The molecular formula is C30H41FN8O2. The Morgan fingerprint density at radius 3 is 2.61 bits per heavy atom. The summed E-state index contributed by atoms with van der Waals surface area (Å²) in [4.78, 5) is 19.4. The lowest BCUT2D eigenvalue weighted by atomic mass is 9.96. The molecule has 10 nitrogen and oxygen atoms in total. The Hall–Kier alpha value is -3.73. The van der Waals surface area contributed by atoms with Crippen molar-refractivity contribution in [2.24, 2.45) is 0 Å². The number of nitrogens with zero attached hydrogens (tertiary/aromatic N) is 6. The molecule has 1 aromatic carbocycles. The summed E-state index contributed by atoms with van der Waals surface area (Å²) in [5.41, 5.74) is 2.88. The Morgan fingerprint density at radius 1 is 1.17 bits per heavy atom. The topological polar surface area (TPSA) is 106 Å². The standard InChI is InChI=1S/C30H41FN8O2/c1-8-38-24-11-9-10-22(34-23-12-13-37(18-21(23)31)29(2,3)4)20(24)14-25(38)27-35-26(41-36-27)16-32-28(40)19-15-33-39(17-19)30(5,6)7/h9-11,14-15,17,21,23,34H,8,12-13,16,18H2,1-7H3,(H,32,40)/t21-,23+/m0/s1. The van der Waals surface area contributed by atoms with Crippen LogP contribution >= 0.6 is 0 Å². The molecule has 0 aliphatic carbocycles. The molecular weight excluding hydrogens is 523 g/mol. The van der Waals surface area contributed by atoms with E-state index in [9.17, 15) is 4.79 Å². The zero-order chi connectivity index (χ0) is 29.5. The lowest BCUT2D eigenvalue weighted by molar-refractivity contribution is 0.0554. The molecule has 0 bridgehead atoms. The number of carbonyl (C=O) groups is 1. The number of benzene rings is 1. The van der Waals surface area contributed by atoms with Crippen LogP contribution in [0.25, 0.3) is 22.4 Å². The van der Waals surface area contributed by atoms with Gasteiger partial charge in [0.2, 0.25) is 11.7 Å². The second kappa shape index (κ2) is 10.9. The van der Waals surface area contributed by atoms with Gasteiger partial charge in [-0.3, -0.25) is 14.4 Å². The summed E-state index contributed by atoms with van der Waals surface area (Å²) in [5, 5.41) is 15.8. The van der Waals surface area contributed by atoms with Gasteiger partial charge in [0.1, 0.15) is 6.17 Å². The van der Waals surface area contributed by atoms with Crippen LogP contribution in [0, 0.1) is 0 Å². The van der Waals surface area contributed by atoms with Crippen LogP contribution in [0.5, 0.6) is 0 Å². The van der Waals surface area contributed by atoms with Crippen LogP contribution in [0.2, 0.25) is 0 Å². The Bertz CT molecular complexity index is 1520. The normalized spacial score (nSPS) is 18.6. The molecule has 2 atom stereocenters. The Morgan fingerprint density at radius 2 is 1.95 bits per heavy atom. The molecule has 1 aliphatic rings. The van der Waals surface area contributed by atoms with Crippen molar-refractivity contribution < 1.29 is 13.7 Å². The molecule has 1 aliphatic heterocycles. The second-order valence-corrected chi connectivity index (χ2v) is 12.7. The molecule has 11 heteroatoms. The van der Waals surface area contributed by atoms with Crippen molar-refractivity contribution in [3.63, 3.8) is 0 Å². The number of likely N-dealkylation sites (tertiary alicyclic amines) is 1. The Balaban J connectivity index is 1.32. The number of alkyl halides is 1. The fourth-order valence-corrected chi connectivity index (χ4v) is 5.31. The maximum absolute atomic E-state index is 15.2. The minimum absolute atomic E-state index is 0.0513. The van der Waals surface area contributed by atoms with Gasteiger partial charge >= 0.3 is 0 Å². The molecule has 4 heterocycles. The number of amides is 1. The Labute approximate surface area is 240 Å². The van der Waals surface area contributed by atoms with Crippen molar-refractivity contribution >= 4 is 22.5 Å². The van der Waals surface area contributed by atoms with Crippen LogP contribution in [-0.2, 0) is 18.6 Å². The highest BCUT2D eigenvalue weighted by Gasteiger charge is 2.34. The lowest BCUT2D eigenvalue weighted by Crippen LogP contribution is -2.54. The van der Waals surface area contributed by atoms with E-state index in [2.05, 4.69) is 63.0 Å². The fourth-order valence-electron chi connectivity index (χ4n) is 5.31. The lowest BCUT2D eigenvalue weighted by Gasteiger charge is -2.42. The van der Waals surface area contributed by atoms with E-state index in [1.165, 1.54) is 0 Å². The first-order valence-corrected chi connectivity index (χ1v) is 14.3. The van der Waals surface area contributed by atoms with Gasteiger partial charge in [0.05, 0.1) is 41.1 Å². The minimum Gasteiger partial charge on any atom is -0.379 e. The molecule has 5 rings (SSSR count). The second-order valence-electron chi connectivity index (χ2n) is 12.7. The number of nitrogens with one attached hydrogen (secondary N) is 2. The smallest absolute Gasteiger partial charge is 0.254 e. The van der Waals surface area contributed by atoms with Crippen molar-refractivity contribution in [1.29, 1.82) is 0 Å². The average Bonchev–Trinajstić information content (AvgIpc) is 3.66. The maximum atomic E-state index is 15.2. The molecule has 220 valence electrons. The van der Waals surface area contributed by atoms with Crippen molar-refractivity contribution in [3.8, 4) is 11.5 Å². The molecule has 3 aromatic heterocycles. The van der Waals surface area contributed by atoms with Crippen LogP contribution in [-0.4, -0.2) is 66.1 Å². The van der Waals surface area contributed by atoms with Crippen molar-refractivity contribution in [2.75, 3.05) is 18.4 Å². The van der Waals surface area contributed by atoms with Gasteiger partial charge in [-0.2, -0.15) is 10.1 Å². The largest absolute Gasteiger partial charge is 0.379 e. The number of fused-ring (bicyclic) bond motifs is 1. The van der Waals surface area contributed by atoms with E-state index >= 15 is 4.39 Å². The third kappa shape index (κ3) is 6.00. The van der Waals surface area contributed by atoms with E-state index in [0.29, 0.717) is 30.4 Å². The summed E-state index contributed by atoms with van der Waals surface area (Å²) in [6, 6.07) is 7.78. The van der Waals surface area contributed by atoms with Gasteiger partial charge in [0.15, 0.2) is 0 Å². The third-order valence-electron chi connectivity index (χ3n) is 7.72. The number of aryl methyl sites for hydroxylation is 1. The van der Waals surface area contributed by atoms with Gasteiger partial charge in [0.25, 0.3) is 5.91 Å². The number of anilines is 1. The molecule has 2 N–H and O–H groups in total. The van der Waals surface area contributed by atoms with Crippen LogP contribution in [0.1, 0.15) is 71.1 Å². The summed E-state index contributed by atoms with van der Waals surface area (Å²) < 4.78 is 24.6. The number of halogens is 1. The molecule has 0 unspecified atom stereocenters. The van der Waals surface area contributed by atoms with Crippen molar-refractivity contribution in [3.05, 3.63) is 48.1 Å². The summed E-state index contributed by atoms with van der Waals surface area (Å²) >= 11 is 0. The van der Waals surface area contributed by atoms with Crippen LogP contribution in [0.4, 0.5) is 10.1 Å². The van der Waals surface area contributed by atoms with Gasteiger partial charge in [0, 0.05) is 42.4 Å². The first-order valence-electron chi connectivity index (χ1n) is 14.3. The third-order valence-corrected chi connectivity index (χ3v) is 7.72. The molecule has 0 radical (unpaired) electrons. The average molecular weight is 565 g/mol. The number of rotatable bonds is 7. The molecule has 1 amide bonds. The molecule has 0 spiro atoms. The SMILES string of the molecule is CCn1c(-c2noc(CNC(=O)c3cnn(C(C)(C)C)c3)n2)cc2c(N[C@@H]3CCN(C(C)(C)C)C[C@@H]3F)cccc21. The molecule has 41 heavy (non-hydrogen) atoms. The van der Waals surface area contributed by atoms with E-state index in [4.69, 9.17) is 4.52 Å². The van der Waals surface area contributed by atoms with E-state index in [1.807, 2.05) is 45.0 Å². The molecule has 0 saturated carbocycles. The van der Waals surface area contributed by atoms with Crippen LogP contribution in [0.3, 0.4) is 0 Å². The molecule has 4 aromatic rings. The zero-order valence-electron chi connectivity index (χ0n) is 25.0. The van der Waals surface area contributed by atoms with Crippen LogP contribution < -0.4 is 10.6 Å². The first kappa shape index (κ1) is 28.8. The number of carbonyl (C=O) groups excluding carboxylic acids is 1. The predicted molar refractivity (Wildman–Crippen MR) is 158 cm³/mol. The quantitative estimate of drug-likeness (QED) is 0.317. The van der Waals surface area contributed by atoms with E-state index in [1.54, 1.807) is 17.1 Å². The van der Waals surface area contributed by atoms with Gasteiger partial charge in [-0.1, -0.05) is 11.2 Å². The monoisotopic (exact) mass is 564 g/mol. The van der Waals surface area contributed by atoms with Crippen molar-refractivity contribution in [2.45, 2.75) is 91.3 Å². The highest BCUT2D eigenvalue weighted by atomic mass is 19.1. The van der Waals surface area contributed by atoms with Gasteiger partial charge < -0.3 is 19.7 Å².